The van der Waals surface area contributed by atoms with Gasteiger partial charge in [-0.15, -0.1) is 35.3 Å². The Labute approximate surface area is 136 Å². The van der Waals surface area contributed by atoms with Gasteiger partial charge in [-0.3, -0.25) is 4.99 Å². The van der Waals surface area contributed by atoms with E-state index in [0.717, 1.165) is 32.1 Å². The maximum Gasteiger partial charge on any atom is 0.191 e. The third kappa shape index (κ3) is 6.09. The van der Waals surface area contributed by atoms with Crippen LogP contribution >= 0.6 is 35.3 Å². The first-order valence-electron chi connectivity index (χ1n) is 6.47. The normalized spacial score (nSPS) is 19.0. The highest BCUT2D eigenvalue weighted by atomic mass is 127. The van der Waals surface area contributed by atoms with Gasteiger partial charge in [0, 0.05) is 25.1 Å². The number of hydrogen-bond acceptors (Lipinski definition) is 3. The van der Waals surface area contributed by atoms with E-state index in [9.17, 15) is 0 Å². The van der Waals surface area contributed by atoms with E-state index in [1.54, 1.807) is 18.4 Å². The Kier molecular flexibility index (Phi) is 8.40. The van der Waals surface area contributed by atoms with Gasteiger partial charge >= 0.3 is 0 Å². The zero-order chi connectivity index (χ0) is 12.6. The van der Waals surface area contributed by atoms with Crippen molar-refractivity contribution in [3.05, 3.63) is 22.4 Å². The summed E-state index contributed by atoms with van der Waals surface area (Å²) in [7, 11) is 1.80. The van der Waals surface area contributed by atoms with Crippen molar-refractivity contribution in [1.82, 2.24) is 10.6 Å². The molecule has 1 aromatic rings. The summed E-state index contributed by atoms with van der Waals surface area (Å²) in [5.74, 6) is 0.862. The summed E-state index contributed by atoms with van der Waals surface area (Å²) in [6.07, 6.45) is 3.89. The quantitative estimate of drug-likeness (QED) is 0.458. The molecule has 4 nitrogen and oxygen atoms in total. The molecule has 0 saturated carbocycles. The second-order valence-electron chi connectivity index (χ2n) is 4.36. The Bertz CT molecular complexity index is 364. The second-order valence-corrected chi connectivity index (χ2v) is 5.39. The minimum atomic E-state index is 0. The number of nitrogens with zero attached hydrogens (tertiary/aromatic N) is 1. The van der Waals surface area contributed by atoms with Gasteiger partial charge < -0.3 is 15.4 Å². The lowest BCUT2D eigenvalue weighted by Crippen LogP contribution is -2.38. The van der Waals surface area contributed by atoms with Gasteiger partial charge in [-0.05, 0) is 30.7 Å². The van der Waals surface area contributed by atoms with Crippen molar-refractivity contribution in [1.29, 1.82) is 0 Å². The molecule has 1 fully saturated rings. The monoisotopic (exact) mass is 395 g/mol. The minimum Gasteiger partial charge on any atom is -0.378 e. The number of guanidine groups is 1. The predicted molar refractivity (Wildman–Crippen MR) is 91.5 cm³/mol. The molecule has 1 unspecified atom stereocenters. The van der Waals surface area contributed by atoms with Crippen LogP contribution in [0.1, 0.15) is 24.1 Å². The summed E-state index contributed by atoms with van der Waals surface area (Å²) < 4.78 is 5.59. The van der Waals surface area contributed by atoms with Crippen LogP contribution in [0.25, 0.3) is 0 Å². The smallest absolute Gasteiger partial charge is 0.191 e. The van der Waals surface area contributed by atoms with Gasteiger partial charge in [-0.1, -0.05) is 6.07 Å². The van der Waals surface area contributed by atoms with E-state index in [0.29, 0.717) is 6.10 Å². The number of nitrogens with one attached hydrogen (secondary N) is 2. The van der Waals surface area contributed by atoms with Gasteiger partial charge in [0.25, 0.3) is 0 Å². The standard InChI is InChI=1S/C13H21N3OS.HI/c1-14-13(16-10-12-5-3-9-18-12)15-7-6-11-4-2-8-17-11;/h3,5,9,11H,2,4,6-8,10H2,1H3,(H2,14,15,16);1H. The molecule has 2 N–H and O–H groups in total. The Hall–Kier alpha value is -0.340. The molecule has 1 aromatic heterocycles. The van der Waals surface area contributed by atoms with Crippen molar-refractivity contribution < 1.29 is 4.74 Å². The Morgan fingerprint density at radius 3 is 3.05 bits per heavy atom. The summed E-state index contributed by atoms with van der Waals surface area (Å²) in [6.45, 7) is 2.67. The Balaban J connectivity index is 0.00000180. The van der Waals surface area contributed by atoms with Gasteiger partial charge in [-0.2, -0.15) is 0 Å². The van der Waals surface area contributed by atoms with Crippen LogP contribution < -0.4 is 10.6 Å². The van der Waals surface area contributed by atoms with Crippen LogP contribution in [0.15, 0.2) is 22.5 Å². The molecule has 0 aliphatic carbocycles. The Morgan fingerprint density at radius 2 is 2.42 bits per heavy atom. The van der Waals surface area contributed by atoms with Gasteiger partial charge in [-0.25, -0.2) is 0 Å². The molecule has 108 valence electrons. The number of thiophene rings is 1. The molecule has 0 radical (unpaired) electrons. The number of rotatable bonds is 5. The fraction of sp³-hybridized carbons (Fsp3) is 0.615. The van der Waals surface area contributed by atoms with E-state index in [1.165, 1.54) is 17.7 Å². The number of aliphatic imine (C=N–C) groups is 1. The van der Waals surface area contributed by atoms with Crippen molar-refractivity contribution in [3.63, 3.8) is 0 Å². The topological polar surface area (TPSA) is 45.7 Å². The molecule has 2 rings (SSSR count). The molecular formula is C13H22IN3OS. The average molecular weight is 395 g/mol. The molecule has 6 heteroatoms. The molecule has 1 saturated heterocycles. The number of hydrogen-bond donors (Lipinski definition) is 2. The van der Waals surface area contributed by atoms with Gasteiger partial charge in [0.15, 0.2) is 5.96 Å². The van der Waals surface area contributed by atoms with Crippen LogP contribution in [0.4, 0.5) is 0 Å². The van der Waals surface area contributed by atoms with Crippen LogP contribution in [-0.2, 0) is 11.3 Å². The summed E-state index contributed by atoms with van der Waals surface area (Å²) in [5, 5.41) is 8.72. The fourth-order valence-corrected chi connectivity index (χ4v) is 2.67. The fourth-order valence-electron chi connectivity index (χ4n) is 2.03. The summed E-state index contributed by atoms with van der Waals surface area (Å²) in [5.41, 5.74) is 0. The van der Waals surface area contributed by atoms with E-state index >= 15 is 0 Å². The Morgan fingerprint density at radius 1 is 1.53 bits per heavy atom. The maximum atomic E-state index is 5.59. The molecular weight excluding hydrogens is 373 g/mol. The lowest BCUT2D eigenvalue weighted by atomic mass is 10.2. The predicted octanol–water partition coefficient (Wildman–Crippen LogP) is 2.60. The zero-order valence-electron chi connectivity index (χ0n) is 11.2. The molecule has 1 aliphatic heterocycles. The van der Waals surface area contributed by atoms with Gasteiger partial charge in [0.05, 0.1) is 12.6 Å². The van der Waals surface area contributed by atoms with Crippen molar-refractivity contribution in [2.75, 3.05) is 20.2 Å². The molecule has 2 heterocycles. The van der Waals surface area contributed by atoms with Crippen molar-refractivity contribution >= 4 is 41.3 Å². The molecule has 0 spiro atoms. The zero-order valence-corrected chi connectivity index (χ0v) is 14.4. The first kappa shape index (κ1) is 16.7. The summed E-state index contributed by atoms with van der Waals surface area (Å²) in [6, 6.07) is 4.19. The van der Waals surface area contributed by atoms with Gasteiger partial charge in [0.1, 0.15) is 0 Å². The van der Waals surface area contributed by atoms with Crippen molar-refractivity contribution in [2.45, 2.75) is 31.9 Å². The molecule has 0 aromatic carbocycles. The molecule has 0 amide bonds. The third-order valence-corrected chi connectivity index (χ3v) is 3.89. The molecule has 19 heavy (non-hydrogen) atoms. The third-order valence-electron chi connectivity index (χ3n) is 3.02. The first-order chi connectivity index (χ1) is 8.88. The van der Waals surface area contributed by atoms with Gasteiger partial charge in [0.2, 0.25) is 0 Å². The van der Waals surface area contributed by atoms with E-state index in [4.69, 9.17) is 4.74 Å². The van der Waals surface area contributed by atoms with E-state index < -0.39 is 0 Å². The SMILES string of the molecule is CN=C(NCCC1CCCO1)NCc1cccs1.I. The minimum absolute atomic E-state index is 0. The van der Waals surface area contributed by atoms with Crippen LogP contribution in [0.2, 0.25) is 0 Å². The molecule has 1 aliphatic rings. The summed E-state index contributed by atoms with van der Waals surface area (Å²) in [4.78, 5) is 5.53. The summed E-state index contributed by atoms with van der Waals surface area (Å²) >= 11 is 1.75. The van der Waals surface area contributed by atoms with Crippen LogP contribution in [-0.4, -0.2) is 32.3 Å². The largest absolute Gasteiger partial charge is 0.378 e. The highest BCUT2D eigenvalue weighted by Gasteiger charge is 2.14. The maximum absolute atomic E-state index is 5.59. The number of halogens is 1. The van der Waals surface area contributed by atoms with Crippen molar-refractivity contribution in [2.24, 2.45) is 4.99 Å². The first-order valence-corrected chi connectivity index (χ1v) is 7.35. The second kappa shape index (κ2) is 9.55. The van der Waals surface area contributed by atoms with E-state index in [2.05, 4.69) is 33.1 Å². The number of ether oxygens (including phenoxy) is 1. The highest BCUT2D eigenvalue weighted by Crippen LogP contribution is 2.14. The van der Waals surface area contributed by atoms with E-state index in [-0.39, 0.29) is 24.0 Å². The van der Waals surface area contributed by atoms with Crippen LogP contribution in [0.5, 0.6) is 0 Å². The highest BCUT2D eigenvalue weighted by molar-refractivity contribution is 14.0. The molecule has 0 bridgehead atoms. The lowest BCUT2D eigenvalue weighted by molar-refractivity contribution is 0.105. The van der Waals surface area contributed by atoms with Crippen LogP contribution in [0.3, 0.4) is 0 Å². The van der Waals surface area contributed by atoms with E-state index in [1.807, 2.05) is 0 Å². The molecule has 1 atom stereocenters. The van der Waals surface area contributed by atoms with Crippen LogP contribution in [0, 0.1) is 0 Å². The van der Waals surface area contributed by atoms with Crippen molar-refractivity contribution in [3.8, 4) is 0 Å². The lowest BCUT2D eigenvalue weighted by Gasteiger charge is -2.13. The average Bonchev–Trinajstić information content (AvgIpc) is 3.06.